The predicted molar refractivity (Wildman–Crippen MR) is 170 cm³/mol. The number of fused-ring (bicyclic) bond motifs is 4. The highest BCUT2D eigenvalue weighted by atomic mass is 35.5. The van der Waals surface area contributed by atoms with Gasteiger partial charge >= 0.3 is 0 Å². The van der Waals surface area contributed by atoms with Crippen LogP contribution in [0.1, 0.15) is 35.8 Å². The van der Waals surface area contributed by atoms with Gasteiger partial charge in [-0.15, -0.1) is 11.6 Å². The normalized spacial score (nSPS) is 14.9. The Bertz CT molecular complexity index is 1820. The summed E-state index contributed by atoms with van der Waals surface area (Å²) in [5.74, 6) is 0.110. The van der Waals surface area contributed by atoms with Gasteiger partial charge in [0.05, 0.1) is 27.5 Å². The number of aliphatic hydroxyl groups is 1. The summed E-state index contributed by atoms with van der Waals surface area (Å²) < 4.78 is 33.6. The summed E-state index contributed by atoms with van der Waals surface area (Å²) in [5.41, 5.74) is 1.70. The van der Waals surface area contributed by atoms with E-state index in [9.17, 15) is 23.3 Å². The van der Waals surface area contributed by atoms with Crippen LogP contribution < -0.4 is 14.4 Å². The topological polar surface area (TPSA) is 158 Å². The van der Waals surface area contributed by atoms with E-state index in [1.54, 1.807) is 6.07 Å². The molecule has 0 bridgehead atoms. The van der Waals surface area contributed by atoms with Gasteiger partial charge in [-0.2, -0.15) is 0 Å². The molecule has 2 heterocycles. The summed E-state index contributed by atoms with van der Waals surface area (Å²) >= 11 is 6.35. The number of rotatable bonds is 13. The number of nitrogens with zero attached hydrogens (tertiary/aromatic N) is 3. The van der Waals surface area contributed by atoms with E-state index >= 15 is 0 Å². The van der Waals surface area contributed by atoms with Gasteiger partial charge in [0, 0.05) is 48.4 Å². The molecule has 1 aliphatic heterocycles. The number of halogens is 1. The van der Waals surface area contributed by atoms with E-state index in [-0.39, 0.29) is 46.8 Å². The fourth-order valence-corrected chi connectivity index (χ4v) is 6.95. The van der Waals surface area contributed by atoms with Crippen LogP contribution in [-0.2, 0) is 10.0 Å². The average molecular weight is 644 g/mol. The molecule has 1 aliphatic rings. The van der Waals surface area contributed by atoms with Gasteiger partial charge < -0.3 is 24.6 Å². The Kier molecular flexibility index (Phi) is 9.42. The zero-order valence-corrected chi connectivity index (χ0v) is 25.9. The molecule has 0 saturated carbocycles. The van der Waals surface area contributed by atoms with Crippen molar-refractivity contribution in [3.05, 3.63) is 69.9 Å². The van der Waals surface area contributed by atoms with Crippen LogP contribution in [0.25, 0.3) is 21.7 Å². The first kappa shape index (κ1) is 31.7. The van der Waals surface area contributed by atoms with Crippen LogP contribution >= 0.6 is 11.6 Å². The minimum absolute atomic E-state index is 0.115. The lowest BCUT2D eigenvalue weighted by atomic mass is 9.95. The summed E-state index contributed by atoms with van der Waals surface area (Å²) in [6.07, 6.45) is 0. The van der Waals surface area contributed by atoms with Crippen molar-refractivity contribution < 1.29 is 28.0 Å². The second kappa shape index (κ2) is 13.1. The van der Waals surface area contributed by atoms with Crippen LogP contribution in [0.4, 0.5) is 11.4 Å². The highest BCUT2D eigenvalue weighted by Crippen LogP contribution is 2.46. The van der Waals surface area contributed by atoms with Crippen LogP contribution in [0.3, 0.4) is 0 Å². The third kappa shape index (κ3) is 6.10. The number of amides is 1. The molecule has 1 unspecified atom stereocenters. The van der Waals surface area contributed by atoms with Crippen LogP contribution in [0.15, 0.2) is 53.4 Å². The third-order valence-corrected chi connectivity index (χ3v) is 9.78. The number of carbonyl (C=O) groups is 1. The fraction of sp³-hybridized carbons (Fsp3) is 0.367. The summed E-state index contributed by atoms with van der Waals surface area (Å²) in [7, 11) is -4.02. The van der Waals surface area contributed by atoms with Crippen molar-refractivity contribution in [2.45, 2.75) is 24.7 Å². The van der Waals surface area contributed by atoms with Crippen LogP contribution in [0, 0.1) is 10.1 Å². The van der Waals surface area contributed by atoms with Crippen molar-refractivity contribution in [3.63, 3.8) is 0 Å². The Labute approximate surface area is 259 Å². The molecule has 3 N–H and O–H groups in total. The van der Waals surface area contributed by atoms with Crippen molar-refractivity contribution in [3.8, 4) is 5.75 Å². The SMILES string of the molecule is CCN(CC)CCOc1ccc2[nH]c(C(=O)N3CC(CCl)c4c3cc([N+](=O)[O-])c3cc(S(=O)(=O)NCCO)ccc43)cc2c1. The smallest absolute Gasteiger partial charge is 0.279 e. The minimum atomic E-state index is -4.02. The number of hydrogen-bond donors (Lipinski definition) is 3. The number of sulfonamides is 1. The summed E-state index contributed by atoms with van der Waals surface area (Å²) in [6.45, 7) is 7.02. The second-order valence-electron chi connectivity index (χ2n) is 10.5. The van der Waals surface area contributed by atoms with Crippen molar-refractivity contribution in [2.24, 2.45) is 0 Å². The van der Waals surface area contributed by atoms with Gasteiger partial charge in [0.2, 0.25) is 10.0 Å². The number of nitro benzene ring substituents is 1. The number of H-pyrrole nitrogens is 1. The maximum Gasteiger partial charge on any atom is 0.279 e. The highest BCUT2D eigenvalue weighted by Gasteiger charge is 2.37. The van der Waals surface area contributed by atoms with Crippen molar-refractivity contribution >= 4 is 60.6 Å². The van der Waals surface area contributed by atoms with E-state index in [1.807, 2.05) is 18.2 Å². The molecule has 5 rings (SSSR count). The molecule has 12 nitrogen and oxygen atoms in total. The van der Waals surface area contributed by atoms with Gasteiger partial charge in [0.1, 0.15) is 18.1 Å². The van der Waals surface area contributed by atoms with Gasteiger partial charge in [0.15, 0.2) is 0 Å². The summed E-state index contributed by atoms with van der Waals surface area (Å²) in [5, 5.41) is 22.6. The Morgan fingerprint density at radius 3 is 2.64 bits per heavy atom. The lowest BCUT2D eigenvalue weighted by Gasteiger charge is -2.17. The van der Waals surface area contributed by atoms with E-state index in [0.717, 1.165) is 30.5 Å². The van der Waals surface area contributed by atoms with Crippen LogP contribution in [0.2, 0.25) is 0 Å². The quantitative estimate of drug-likeness (QED) is 0.111. The molecule has 0 saturated heterocycles. The molecule has 1 amide bonds. The van der Waals surface area contributed by atoms with Gasteiger partial charge in [-0.05, 0) is 60.4 Å². The van der Waals surface area contributed by atoms with Gasteiger partial charge in [0.25, 0.3) is 11.6 Å². The number of aliphatic hydroxyl groups excluding tert-OH is 1. The zero-order valence-electron chi connectivity index (χ0n) is 24.4. The molecular formula is C30H34ClN5O7S. The Balaban J connectivity index is 1.49. The number of hydrogen-bond acceptors (Lipinski definition) is 8. The molecule has 4 aromatic rings. The molecule has 0 fully saturated rings. The van der Waals surface area contributed by atoms with Gasteiger partial charge in [-0.25, -0.2) is 13.1 Å². The lowest BCUT2D eigenvalue weighted by molar-refractivity contribution is -0.383. The van der Waals surface area contributed by atoms with E-state index in [4.69, 9.17) is 21.4 Å². The van der Waals surface area contributed by atoms with E-state index < -0.39 is 21.6 Å². The first-order valence-electron chi connectivity index (χ1n) is 14.3. The highest BCUT2D eigenvalue weighted by molar-refractivity contribution is 7.89. The van der Waals surface area contributed by atoms with Crippen LogP contribution in [-0.4, -0.2) is 86.1 Å². The molecular weight excluding hydrogens is 610 g/mol. The Morgan fingerprint density at radius 2 is 1.95 bits per heavy atom. The molecule has 0 radical (unpaired) electrons. The van der Waals surface area contributed by atoms with E-state index in [0.29, 0.717) is 34.7 Å². The number of anilines is 1. The first-order valence-corrected chi connectivity index (χ1v) is 16.3. The molecule has 234 valence electrons. The predicted octanol–water partition coefficient (Wildman–Crippen LogP) is 4.20. The summed E-state index contributed by atoms with van der Waals surface area (Å²) in [6, 6.07) is 12.7. The zero-order chi connectivity index (χ0) is 31.6. The number of carbonyl (C=O) groups excluding carboxylic acids is 1. The number of nitro groups is 1. The number of nitrogens with one attached hydrogen (secondary N) is 2. The van der Waals surface area contributed by atoms with Crippen LogP contribution in [0.5, 0.6) is 5.75 Å². The van der Waals surface area contributed by atoms with Gasteiger partial charge in [-0.3, -0.25) is 14.9 Å². The van der Waals surface area contributed by atoms with E-state index in [1.165, 1.54) is 29.2 Å². The molecule has 1 atom stereocenters. The van der Waals surface area contributed by atoms with Crippen molar-refractivity contribution in [1.29, 1.82) is 0 Å². The number of aromatic amines is 1. The monoisotopic (exact) mass is 643 g/mol. The number of aromatic nitrogens is 1. The number of ether oxygens (including phenoxy) is 1. The Hall–Kier alpha value is -3.75. The molecule has 0 aliphatic carbocycles. The van der Waals surface area contributed by atoms with Gasteiger partial charge in [-0.1, -0.05) is 19.9 Å². The maximum atomic E-state index is 13.9. The lowest BCUT2D eigenvalue weighted by Crippen LogP contribution is -2.30. The number of benzene rings is 3. The molecule has 44 heavy (non-hydrogen) atoms. The third-order valence-electron chi connectivity index (χ3n) is 7.94. The number of alkyl halides is 1. The van der Waals surface area contributed by atoms with E-state index in [2.05, 4.69) is 28.5 Å². The largest absolute Gasteiger partial charge is 0.492 e. The fourth-order valence-electron chi connectivity index (χ4n) is 5.65. The number of non-ortho nitro benzene ring substituents is 1. The minimum Gasteiger partial charge on any atom is -0.492 e. The Morgan fingerprint density at radius 1 is 1.18 bits per heavy atom. The number of likely N-dealkylation sites (N-methyl/N-ethyl adjacent to an activating group) is 1. The second-order valence-corrected chi connectivity index (χ2v) is 12.6. The molecule has 14 heteroatoms. The van der Waals surface area contributed by atoms with Crippen molar-refractivity contribution in [1.82, 2.24) is 14.6 Å². The molecule has 3 aromatic carbocycles. The molecule has 1 aromatic heterocycles. The average Bonchev–Trinajstić information content (AvgIpc) is 3.62. The molecule has 0 spiro atoms. The first-order chi connectivity index (χ1) is 21.1. The summed E-state index contributed by atoms with van der Waals surface area (Å²) in [4.78, 5) is 32.2. The van der Waals surface area contributed by atoms with Crippen molar-refractivity contribution in [2.75, 3.05) is 56.7 Å². The maximum absolute atomic E-state index is 13.9. The standard InChI is InChI=1S/C30H34ClN5O7S/c1-3-34(4-2)10-12-43-21-5-8-25-19(13-21)14-26(33-25)30(38)35-18-20(17-31)29-23-7-6-22(44(41,42)32-9-11-37)15-24(23)27(36(39)40)16-28(29)35/h5-8,13-16,20,32-33,37H,3-4,9-12,17-18H2,1-2H3.